The summed E-state index contributed by atoms with van der Waals surface area (Å²) in [5.74, 6) is -1.98. The van der Waals surface area contributed by atoms with Gasteiger partial charge >= 0.3 is 0 Å². The van der Waals surface area contributed by atoms with Crippen molar-refractivity contribution in [2.45, 2.75) is 20.0 Å². The SMILES string of the molecule is CC(C)C(=O)C(F)C(=O)c1cc(Br)cc(Br)c1. The lowest BCUT2D eigenvalue weighted by molar-refractivity contribution is -0.125. The third-order valence-corrected chi connectivity index (χ3v) is 3.11. The summed E-state index contributed by atoms with van der Waals surface area (Å²) in [6.07, 6.45) is -2.09. The first-order valence-corrected chi connectivity index (χ1v) is 6.59. The molecule has 92 valence electrons. The van der Waals surface area contributed by atoms with Gasteiger partial charge in [0.05, 0.1) is 0 Å². The molecule has 0 heterocycles. The molecular weight excluding hydrogens is 355 g/mol. The first-order valence-electron chi connectivity index (χ1n) is 5.01. The predicted molar refractivity (Wildman–Crippen MR) is 70.9 cm³/mol. The zero-order valence-corrected chi connectivity index (χ0v) is 12.5. The summed E-state index contributed by atoms with van der Waals surface area (Å²) in [6.45, 7) is 3.14. The second-order valence-corrected chi connectivity index (χ2v) is 5.77. The van der Waals surface area contributed by atoms with Crippen molar-refractivity contribution in [3.05, 3.63) is 32.7 Å². The van der Waals surface area contributed by atoms with E-state index < -0.39 is 23.7 Å². The molecule has 0 aliphatic heterocycles. The monoisotopic (exact) mass is 364 g/mol. The van der Waals surface area contributed by atoms with E-state index in [1.807, 2.05) is 0 Å². The van der Waals surface area contributed by atoms with E-state index in [2.05, 4.69) is 31.9 Å². The number of benzene rings is 1. The number of hydrogen-bond acceptors (Lipinski definition) is 2. The number of carbonyl (C=O) groups excluding carboxylic acids is 2. The topological polar surface area (TPSA) is 34.1 Å². The van der Waals surface area contributed by atoms with Gasteiger partial charge in [-0.2, -0.15) is 0 Å². The molecule has 17 heavy (non-hydrogen) atoms. The third kappa shape index (κ3) is 3.71. The second-order valence-electron chi connectivity index (χ2n) is 3.94. The van der Waals surface area contributed by atoms with Crippen molar-refractivity contribution in [1.29, 1.82) is 0 Å². The van der Waals surface area contributed by atoms with Crippen molar-refractivity contribution in [2.75, 3.05) is 0 Å². The molecule has 2 nitrogen and oxygen atoms in total. The van der Waals surface area contributed by atoms with Crippen LogP contribution in [0, 0.1) is 5.92 Å². The van der Waals surface area contributed by atoms with Crippen molar-refractivity contribution in [3.8, 4) is 0 Å². The smallest absolute Gasteiger partial charge is 0.221 e. The molecule has 0 saturated carbocycles. The standard InChI is InChI=1S/C12H11Br2FO2/c1-6(2)11(16)10(15)12(17)7-3-8(13)5-9(14)4-7/h3-6,10H,1-2H3. The molecule has 0 aliphatic rings. The number of carbonyl (C=O) groups is 2. The Morgan fingerprint density at radius 2 is 1.59 bits per heavy atom. The molecule has 0 fully saturated rings. The predicted octanol–water partition coefficient (Wildman–Crippen LogP) is 3.96. The molecule has 0 spiro atoms. The van der Waals surface area contributed by atoms with Crippen LogP contribution in [0.15, 0.2) is 27.1 Å². The van der Waals surface area contributed by atoms with E-state index in [1.54, 1.807) is 19.9 Å². The number of halogens is 3. The number of hydrogen-bond donors (Lipinski definition) is 0. The van der Waals surface area contributed by atoms with Gasteiger partial charge in [0, 0.05) is 20.4 Å². The fourth-order valence-electron chi connectivity index (χ4n) is 1.26. The van der Waals surface area contributed by atoms with E-state index in [0.29, 0.717) is 8.95 Å². The van der Waals surface area contributed by atoms with E-state index in [4.69, 9.17) is 0 Å². The molecule has 0 radical (unpaired) electrons. The Morgan fingerprint density at radius 3 is 2.00 bits per heavy atom. The summed E-state index contributed by atoms with van der Waals surface area (Å²) in [7, 11) is 0. The van der Waals surface area contributed by atoms with E-state index >= 15 is 0 Å². The van der Waals surface area contributed by atoms with Crippen LogP contribution in [0.3, 0.4) is 0 Å². The van der Waals surface area contributed by atoms with Gasteiger partial charge in [0.1, 0.15) is 0 Å². The van der Waals surface area contributed by atoms with E-state index in [9.17, 15) is 14.0 Å². The van der Waals surface area contributed by atoms with Crippen molar-refractivity contribution in [1.82, 2.24) is 0 Å². The van der Waals surface area contributed by atoms with Gasteiger partial charge in [0.2, 0.25) is 12.0 Å². The average molecular weight is 366 g/mol. The summed E-state index contributed by atoms with van der Waals surface area (Å²) < 4.78 is 15.0. The molecule has 1 aromatic carbocycles. The Kier molecular flexibility index (Phi) is 5.01. The first-order chi connectivity index (χ1) is 7.82. The molecule has 0 bridgehead atoms. The van der Waals surface area contributed by atoms with Crippen molar-refractivity contribution < 1.29 is 14.0 Å². The lowest BCUT2D eigenvalue weighted by atomic mass is 9.98. The maximum Gasteiger partial charge on any atom is 0.221 e. The molecule has 1 unspecified atom stereocenters. The van der Waals surface area contributed by atoms with Crippen LogP contribution in [0.2, 0.25) is 0 Å². The Bertz CT molecular complexity index is 438. The van der Waals surface area contributed by atoms with Crippen LogP contribution < -0.4 is 0 Å². The summed E-state index contributed by atoms with van der Waals surface area (Å²) in [6, 6.07) is 4.72. The van der Waals surface area contributed by atoms with Crippen molar-refractivity contribution in [3.63, 3.8) is 0 Å². The zero-order valence-electron chi connectivity index (χ0n) is 9.34. The van der Waals surface area contributed by atoms with Crippen LogP contribution in [0.4, 0.5) is 4.39 Å². The summed E-state index contributed by atoms with van der Waals surface area (Å²) >= 11 is 6.41. The normalized spacial score (nSPS) is 12.6. The molecular formula is C12H11Br2FO2. The Morgan fingerprint density at radius 1 is 1.12 bits per heavy atom. The van der Waals surface area contributed by atoms with Gasteiger partial charge in [-0.25, -0.2) is 4.39 Å². The lowest BCUT2D eigenvalue weighted by Gasteiger charge is -2.09. The average Bonchev–Trinajstić information content (AvgIpc) is 2.24. The molecule has 0 N–H and O–H groups in total. The number of Topliss-reactive ketones (excluding diaryl/α,β-unsaturated/α-hetero) is 2. The van der Waals surface area contributed by atoms with E-state index in [1.165, 1.54) is 12.1 Å². The Hall–Kier alpha value is -0.550. The highest BCUT2D eigenvalue weighted by Gasteiger charge is 2.29. The molecule has 0 amide bonds. The van der Waals surface area contributed by atoms with Crippen molar-refractivity contribution in [2.24, 2.45) is 5.92 Å². The van der Waals surface area contributed by atoms with Crippen LogP contribution in [0.1, 0.15) is 24.2 Å². The Labute approximate surface area is 116 Å². The maximum absolute atomic E-state index is 13.7. The zero-order chi connectivity index (χ0) is 13.2. The number of ketones is 2. The molecule has 5 heteroatoms. The quantitative estimate of drug-likeness (QED) is 0.597. The summed E-state index contributed by atoms with van der Waals surface area (Å²) in [5.41, 5.74) is 0.174. The minimum Gasteiger partial charge on any atom is -0.296 e. The van der Waals surface area contributed by atoms with Gasteiger partial charge in [-0.1, -0.05) is 45.7 Å². The third-order valence-electron chi connectivity index (χ3n) is 2.20. The second kappa shape index (κ2) is 5.87. The van der Waals surface area contributed by atoms with Gasteiger partial charge in [-0.05, 0) is 18.2 Å². The minimum absolute atomic E-state index is 0.174. The molecule has 0 aromatic heterocycles. The number of rotatable bonds is 4. The Balaban J connectivity index is 3.00. The van der Waals surface area contributed by atoms with Crippen LogP contribution in [0.25, 0.3) is 0 Å². The van der Waals surface area contributed by atoms with Crippen molar-refractivity contribution >= 4 is 43.4 Å². The van der Waals surface area contributed by atoms with Gasteiger partial charge in [-0.15, -0.1) is 0 Å². The van der Waals surface area contributed by atoms with Gasteiger partial charge in [0.15, 0.2) is 5.78 Å². The molecule has 0 aliphatic carbocycles. The van der Waals surface area contributed by atoms with Gasteiger partial charge in [-0.3, -0.25) is 9.59 Å². The fraction of sp³-hybridized carbons (Fsp3) is 0.333. The molecule has 1 aromatic rings. The minimum atomic E-state index is -2.09. The van der Waals surface area contributed by atoms with Crippen LogP contribution in [-0.2, 0) is 4.79 Å². The molecule has 0 saturated heterocycles. The summed E-state index contributed by atoms with van der Waals surface area (Å²) in [4.78, 5) is 23.2. The first kappa shape index (κ1) is 14.5. The summed E-state index contributed by atoms with van der Waals surface area (Å²) in [5, 5.41) is 0. The van der Waals surface area contributed by atoms with Gasteiger partial charge in [0.25, 0.3) is 0 Å². The molecule has 1 atom stereocenters. The van der Waals surface area contributed by atoms with Crippen LogP contribution in [0.5, 0.6) is 0 Å². The largest absolute Gasteiger partial charge is 0.296 e. The highest BCUT2D eigenvalue weighted by molar-refractivity contribution is 9.11. The van der Waals surface area contributed by atoms with E-state index in [0.717, 1.165) is 0 Å². The highest BCUT2D eigenvalue weighted by atomic mass is 79.9. The number of alkyl halides is 1. The lowest BCUT2D eigenvalue weighted by Crippen LogP contribution is -2.29. The van der Waals surface area contributed by atoms with Gasteiger partial charge < -0.3 is 0 Å². The fourth-order valence-corrected chi connectivity index (χ4v) is 2.56. The van der Waals surface area contributed by atoms with Crippen LogP contribution >= 0.6 is 31.9 Å². The maximum atomic E-state index is 13.7. The molecule has 1 rings (SSSR count). The van der Waals surface area contributed by atoms with Crippen LogP contribution in [-0.4, -0.2) is 17.7 Å². The van der Waals surface area contributed by atoms with E-state index in [-0.39, 0.29) is 5.56 Å². The highest BCUT2D eigenvalue weighted by Crippen LogP contribution is 2.22.